The molecule has 4 fully saturated rings. The predicted octanol–water partition coefficient (Wildman–Crippen LogP) is 6.45. The zero-order valence-corrected chi connectivity index (χ0v) is 22.2. The number of fused-ring (bicyclic) bond motifs is 6. The second-order valence-corrected chi connectivity index (χ2v) is 13.4. The van der Waals surface area contributed by atoms with E-state index in [0.29, 0.717) is 28.1 Å². The number of hydrogen-bond acceptors (Lipinski definition) is 4. The highest BCUT2D eigenvalue weighted by atomic mass is 35.5. The first-order valence-corrected chi connectivity index (χ1v) is 14.3. The Morgan fingerprint density at radius 1 is 1.06 bits per heavy atom. The molecule has 1 heterocycles. The zero-order valence-electron chi connectivity index (χ0n) is 21.5. The van der Waals surface area contributed by atoms with Crippen molar-refractivity contribution in [2.45, 2.75) is 97.1 Å². The van der Waals surface area contributed by atoms with E-state index in [4.69, 9.17) is 11.6 Å². The molecule has 0 radical (unpaired) electrons. The van der Waals surface area contributed by atoms with Crippen LogP contribution in [0.2, 0.25) is 5.02 Å². The van der Waals surface area contributed by atoms with Gasteiger partial charge in [-0.25, -0.2) is 0 Å². The molecule has 1 aromatic carbocycles. The van der Waals surface area contributed by atoms with Crippen LogP contribution in [0.5, 0.6) is 0 Å². The van der Waals surface area contributed by atoms with Crippen LogP contribution < -0.4 is 0 Å². The molecule has 5 nitrogen and oxygen atoms in total. The lowest BCUT2D eigenvalue weighted by atomic mass is 9.42. The molecule has 0 amide bonds. The molecule has 1 N–H and O–H groups in total. The summed E-state index contributed by atoms with van der Waals surface area (Å²) in [6.45, 7) is 7.13. The summed E-state index contributed by atoms with van der Waals surface area (Å²) in [6.07, 6.45) is 11.5. The predicted molar refractivity (Wildman–Crippen MR) is 138 cm³/mol. The number of aliphatic hydroxyl groups is 1. The van der Waals surface area contributed by atoms with Crippen LogP contribution in [0.25, 0.3) is 11.0 Å². The molecule has 35 heavy (non-hydrogen) atoms. The van der Waals surface area contributed by atoms with Gasteiger partial charge in [0.05, 0.1) is 5.60 Å². The van der Waals surface area contributed by atoms with Crippen LogP contribution >= 0.6 is 11.6 Å². The van der Waals surface area contributed by atoms with Gasteiger partial charge in [-0.3, -0.25) is 4.79 Å². The van der Waals surface area contributed by atoms with Gasteiger partial charge in [-0.2, -0.15) is 15.0 Å². The Hall–Kier alpha value is -1.46. The van der Waals surface area contributed by atoms with E-state index in [1.165, 1.54) is 38.5 Å². The Labute approximate surface area is 214 Å². The van der Waals surface area contributed by atoms with Gasteiger partial charge in [0.15, 0.2) is 5.78 Å². The number of hydrogen-bond donors (Lipinski definition) is 1. The molecule has 0 aliphatic heterocycles. The quantitative estimate of drug-likeness (QED) is 0.526. The smallest absolute Gasteiger partial charge is 0.159 e. The van der Waals surface area contributed by atoms with E-state index < -0.39 is 5.60 Å². The Kier molecular flexibility index (Phi) is 5.65. The molecule has 6 heteroatoms. The fraction of sp³-hybridized carbons (Fsp3) is 0.759. The molecule has 8 atom stereocenters. The lowest BCUT2D eigenvalue weighted by Crippen LogP contribution is -2.56. The van der Waals surface area contributed by atoms with Gasteiger partial charge < -0.3 is 5.11 Å². The van der Waals surface area contributed by atoms with Crippen LogP contribution in [-0.4, -0.2) is 31.5 Å². The van der Waals surface area contributed by atoms with Gasteiger partial charge in [-0.15, -0.1) is 0 Å². The number of rotatable bonds is 4. The average Bonchev–Trinajstić information content (AvgIpc) is 3.37. The minimum Gasteiger partial charge on any atom is -0.390 e. The van der Waals surface area contributed by atoms with E-state index in [1.807, 2.05) is 18.2 Å². The van der Waals surface area contributed by atoms with Crippen molar-refractivity contribution in [3.63, 3.8) is 0 Å². The zero-order chi connectivity index (χ0) is 24.6. The number of nitrogens with zero attached hydrogens (tertiary/aromatic N) is 3. The van der Waals surface area contributed by atoms with Gasteiger partial charge in [0.1, 0.15) is 17.6 Å². The minimum atomic E-state index is -0.485. The fourth-order valence-corrected chi connectivity index (χ4v) is 9.89. The monoisotopic (exact) mass is 497 g/mol. The first-order valence-electron chi connectivity index (χ1n) is 13.9. The number of ketones is 1. The van der Waals surface area contributed by atoms with Crippen molar-refractivity contribution in [2.75, 3.05) is 0 Å². The summed E-state index contributed by atoms with van der Waals surface area (Å²) in [4.78, 5) is 15.2. The van der Waals surface area contributed by atoms with Gasteiger partial charge in [-0.1, -0.05) is 25.4 Å². The largest absolute Gasteiger partial charge is 0.390 e. The van der Waals surface area contributed by atoms with Gasteiger partial charge >= 0.3 is 0 Å². The molecular formula is C29H40ClN3O2. The fourth-order valence-electron chi connectivity index (χ4n) is 9.73. The molecule has 2 aromatic rings. The van der Waals surface area contributed by atoms with E-state index >= 15 is 0 Å². The van der Waals surface area contributed by atoms with Gasteiger partial charge in [0, 0.05) is 10.9 Å². The van der Waals surface area contributed by atoms with Crippen molar-refractivity contribution in [3.8, 4) is 0 Å². The Balaban J connectivity index is 1.22. The summed E-state index contributed by atoms with van der Waals surface area (Å²) in [5.74, 6) is 3.20. The number of benzene rings is 1. The molecule has 0 unspecified atom stereocenters. The lowest BCUT2D eigenvalue weighted by Gasteiger charge is -2.63. The summed E-state index contributed by atoms with van der Waals surface area (Å²) < 4.78 is 0. The molecule has 190 valence electrons. The topological polar surface area (TPSA) is 68.0 Å². The average molecular weight is 498 g/mol. The SMILES string of the molecule is CC[C@]12CC[C@@](C)(O)C[C@@H]1CC[C@H]1[C@@H]3CC[C@H](C(=O)Cn4nc5ccc(Cl)cc5n4)[C@@]3(C)CC[C@@H]12. The van der Waals surface area contributed by atoms with Crippen LogP contribution in [0.4, 0.5) is 0 Å². The minimum absolute atomic E-state index is 0.0933. The van der Waals surface area contributed by atoms with Gasteiger partial charge in [-0.05, 0) is 124 Å². The maximum absolute atomic E-state index is 13.6. The summed E-state index contributed by atoms with van der Waals surface area (Å²) in [7, 11) is 0. The maximum atomic E-state index is 13.6. The van der Waals surface area contributed by atoms with Gasteiger partial charge in [0.2, 0.25) is 0 Å². The third-order valence-corrected chi connectivity index (χ3v) is 11.6. The molecular weight excluding hydrogens is 458 g/mol. The Bertz CT molecular complexity index is 1140. The highest BCUT2D eigenvalue weighted by molar-refractivity contribution is 6.31. The highest BCUT2D eigenvalue weighted by Gasteiger charge is 2.62. The number of aromatic nitrogens is 3. The van der Waals surface area contributed by atoms with Crippen LogP contribution in [0.1, 0.15) is 85.0 Å². The summed E-state index contributed by atoms with van der Waals surface area (Å²) in [5, 5.41) is 20.5. The molecule has 4 saturated carbocycles. The van der Waals surface area contributed by atoms with Crippen molar-refractivity contribution in [1.82, 2.24) is 15.0 Å². The third kappa shape index (κ3) is 3.70. The van der Waals surface area contributed by atoms with Crippen molar-refractivity contribution in [2.24, 2.45) is 40.4 Å². The molecule has 4 aliphatic rings. The van der Waals surface area contributed by atoms with Gasteiger partial charge in [0.25, 0.3) is 0 Å². The number of halogens is 1. The summed E-state index contributed by atoms with van der Waals surface area (Å²) in [5.41, 5.74) is 1.53. The van der Waals surface area contributed by atoms with Crippen molar-refractivity contribution in [1.29, 1.82) is 0 Å². The van der Waals surface area contributed by atoms with E-state index in [0.717, 1.165) is 48.6 Å². The van der Waals surface area contributed by atoms with E-state index in [1.54, 1.807) is 4.80 Å². The summed E-state index contributed by atoms with van der Waals surface area (Å²) in [6, 6.07) is 5.49. The molecule has 6 rings (SSSR count). The van der Waals surface area contributed by atoms with Crippen LogP contribution in [0.3, 0.4) is 0 Å². The van der Waals surface area contributed by atoms with E-state index in [-0.39, 0.29) is 17.9 Å². The normalized spacial score (nSPS) is 42.9. The number of carbonyl (C=O) groups excluding carboxylic acids is 1. The van der Waals surface area contributed by atoms with Crippen molar-refractivity contribution < 1.29 is 9.90 Å². The molecule has 0 saturated heterocycles. The molecule has 1 aromatic heterocycles. The summed E-state index contributed by atoms with van der Waals surface area (Å²) >= 11 is 6.11. The molecule has 0 bridgehead atoms. The van der Waals surface area contributed by atoms with Crippen LogP contribution in [0, 0.1) is 40.4 Å². The highest BCUT2D eigenvalue weighted by Crippen LogP contribution is 2.69. The van der Waals surface area contributed by atoms with Crippen molar-refractivity contribution in [3.05, 3.63) is 23.2 Å². The van der Waals surface area contributed by atoms with Crippen LogP contribution in [0.15, 0.2) is 18.2 Å². The second-order valence-electron chi connectivity index (χ2n) is 12.9. The second kappa shape index (κ2) is 8.28. The first-order chi connectivity index (χ1) is 16.6. The third-order valence-electron chi connectivity index (χ3n) is 11.4. The number of Topliss-reactive ketones (excluding diaryl/α,β-unsaturated/α-hetero) is 1. The Morgan fingerprint density at radius 3 is 2.66 bits per heavy atom. The maximum Gasteiger partial charge on any atom is 0.159 e. The standard InChI is InChI=1S/C29H40ClN3O2/c1-4-29-14-13-27(2,35)16-18(29)5-7-20-21-8-9-23(28(21,3)12-11-22(20)29)26(34)17-33-31-24-10-6-19(30)15-25(24)32-33/h6,10,15,18,20-23,35H,4-5,7-9,11-14,16-17H2,1-3H3/t18-,20-,21-,22-,23+,27+,28-,29-/m0/s1. The first kappa shape index (κ1) is 23.9. The van der Waals surface area contributed by atoms with E-state index in [2.05, 4.69) is 31.0 Å². The van der Waals surface area contributed by atoms with Crippen molar-refractivity contribution >= 4 is 28.4 Å². The van der Waals surface area contributed by atoms with E-state index in [9.17, 15) is 9.90 Å². The number of carbonyl (C=O) groups is 1. The molecule has 0 spiro atoms. The molecule has 4 aliphatic carbocycles. The lowest BCUT2D eigenvalue weighted by molar-refractivity contribution is -0.158. The Morgan fingerprint density at radius 2 is 1.86 bits per heavy atom. The van der Waals surface area contributed by atoms with Crippen LogP contribution in [-0.2, 0) is 11.3 Å².